The van der Waals surface area contributed by atoms with Crippen LogP contribution in [0.3, 0.4) is 0 Å². The van der Waals surface area contributed by atoms with E-state index in [1.807, 2.05) is 13.0 Å². The monoisotopic (exact) mass is 383 g/mol. The van der Waals surface area contributed by atoms with Crippen LogP contribution >= 0.6 is 11.6 Å². The fourth-order valence-electron chi connectivity index (χ4n) is 2.26. The maximum absolute atomic E-state index is 10.8. The number of nitro benzene ring substituents is 1. The largest absolute Gasteiger partial charge is 0.479 e. The van der Waals surface area contributed by atoms with Crippen molar-refractivity contribution in [2.75, 3.05) is 0 Å². The van der Waals surface area contributed by atoms with Crippen molar-refractivity contribution in [1.82, 2.24) is 4.98 Å². The van der Waals surface area contributed by atoms with E-state index >= 15 is 0 Å². The molecule has 3 aromatic rings. The fraction of sp³-hybridized carbons (Fsp3) is 0.0526. The number of oxazole rings is 1. The summed E-state index contributed by atoms with van der Waals surface area (Å²) >= 11 is 5.96. The minimum Gasteiger partial charge on any atom is -0.479 e. The smallest absolute Gasteiger partial charge is 0.312 e. The van der Waals surface area contributed by atoms with Crippen LogP contribution in [0.1, 0.15) is 22.7 Å². The molecule has 2 aromatic carbocycles. The van der Waals surface area contributed by atoms with Crippen LogP contribution in [0.4, 0.5) is 11.4 Å². The van der Waals surface area contributed by atoms with Gasteiger partial charge >= 0.3 is 5.95 Å². The van der Waals surface area contributed by atoms with Crippen LogP contribution < -0.4 is 0 Å². The predicted octanol–water partition coefficient (Wildman–Crippen LogP) is 5.17. The molecule has 8 heteroatoms. The third-order valence-corrected chi connectivity index (χ3v) is 3.88. The summed E-state index contributed by atoms with van der Waals surface area (Å²) in [5.41, 5.74) is 2.32. The summed E-state index contributed by atoms with van der Waals surface area (Å²) in [7, 11) is 0. The van der Waals surface area contributed by atoms with Gasteiger partial charge in [-0.05, 0) is 36.3 Å². The van der Waals surface area contributed by atoms with E-state index in [9.17, 15) is 15.2 Å². The highest BCUT2D eigenvalue weighted by Crippen LogP contribution is 2.24. The van der Waals surface area contributed by atoms with Gasteiger partial charge in [0.1, 0.15) is 0 Å². The Bertz CT molecular complexity index is 1060. The summed E-state index contributed by atoms with van der Waals surface area (Å²) in [6.07, 6.45) is 4.48. The number of benzene rings is 2. The van der Waals surface area contributed by atoms with E-state index in [-0.39, 0.29) is 23.2 Å². The van der Waals surface area contributed by atoms with E-state index in [0.717, 1.165) is 5.56 Å². The number of rotatable bonds is 5. The Kier molecular flexibility index (Phi) is 5.33. The molecule has 3 rings (SSSR count). The average Bonchev–Trinajstić information content (AvgIpc) is 3.00. The van der Waals surface area contributed by atoms with Crippen LogP contribution in [0.2, 0.25) is 5.02 Å². The lowest BCUT2D eigenvalue weighted by Crippen LogP contribution is -1.87. The Labute approximate surface area is 159 Å². The van der Waals surface area contributed by atoms with Crippen molar-refractivity contribution < 1.29 is 14.4 Å². The third-order valence-electron chi connectivity index (χ3n) is 3.65. The summed E-state index contributed by atoms with van der Waals surface area (Å²) in [5, 5.41) is 21.2. The zero-order chi connectivity index (χ0) is 19.4. The standard InChI is InChI=1S/C19H14ClN3O4/c1-12-5-7-14(20)10-16(12)21-11-17-19(24)27-18(22-17)8-6-13-3-2-4-15(9-13)23(25)26/h2-11,24H,1H3. The molecule has 0 radical (unpaired) electrons. The van der Waals surface area contributed by atoms with E-state index in [1.54, 1.807) is 30.3 Å². The minimum absolute atomic E-state index is 0.0166. The summed E-state index contributed by atoms with van der Waals surface area (Å²) in [6, 6.07) is 11.4. The molecule has 27 heavy (non-hydrogen) atoms. The van der Waals surface area contributed by atoms with Crippen LogP contribution in [-0.2, 0) is 0 Å². The quantitative estimate of drug-likeness (QED) is 0.372. The maximum atomic E-state index is 10.8. The Morgan fingerprint density at radius 3 is 2.85 bits per heavy atom. The molecular weight excluding hydrogens is 370 g/mol. The molecule has 0 aliphatic rings. The molecule has 0 unspecified atom stereocenters. The highest BCUT2D eigenvalue weighted by molar-refractivity contribution is 6.30. The first kappa shape index (κ1) is 18.3. The van der Waals surface area contributed by atoms with Gasteiger partial charge in [0.15, 0.2) is 5.69 Å². The van der Waals surface area contributed by atoms with Gasteiger partial charge in [0.2, 0.25) is 5.89 Å². The number of halogens is 1. The van der Waals surface area contributed by atoms with Gasteiger partial charge in [-0.15, -0.1) is 0 Å². The summed E-state index contributed by atoms with van der Waals surface area (Å²) < 4.78 is 5.16. The van der Waals surface area contributed by atoms with Gasteiger partial charge < -0.3 is 9.52 Å². The van der Waals surface area contributed by atoms with Gasteiger partial charge in [-0.1, -0.05) is 29.8 Å². The minimum atomic E-state index is -0.472. The first-order valence-electron chi connectivity index (χ1n) is 7.85. The van der Waals surface area contributed by atoms with Crippen LogP contribution in [0, 0.1) is 17.0 Å². The van der Waals surface area contributed by atoms with Crippen molar-refractivity contribution in [3.8, 4) is 5.95 Å². The lowest BCUT2D eigenvalue weighted by atomic mass is 10.2. The van der Waals surface area contributed by atoms with Crippen molar-refractivity contribution in [3.63, 3.8) is 0 Å². The second kappa shape index (κ2) is 7.84. The number of aromatic hydroxyl groups is 1. The molecule has 0 fully saturated rings. The Balaban J connectivity index is 1.80. The zero-order valence-electron chi connectivity index (χ0n) is 14.2. The van der Waals surface area contributed by atoms with Gasteiger partial charge in [-0.25, -0.2) is 4.98 Å². The zero-order valence-corrected chi connectivity index (χ0v) is 14.9. The molecular formula is C19H14ClN3O4. The molecule has 7 nitrogen and oxygen atoms in total. The van der Waals surface area contributed by atoms with Crippen LogP contribution in [0.5, 0.6) is 5.95 Å². The Morgan fingerprint density at radius 1 is 1.26 bits per heavy atom. The Hall–Kier alpha value is -3.45. The molecule has 1 N–H and O–H groups in total. The number of non-ortho nitro benzene ring substituents is 1. The number of nitro groups is 1. The average molecular weight is 384 g/mol. The van der Waals surface area contributed by atoms with Crippen molar-refractivity contribution in [3.05, 3.63) is 80.3 Å². The van der Waals surface area contributed by atoms with Crippen LogP contribution in [0.25, 0.3) is 12.2 Å². The van der Waals surface area contributed by atoms with Gasteiger partial charge in [0.25, 0.3) is 5.69 Å². The molecule has 1 heterocycles. The second-order valence-electron chi connectivity index (χ2n) is 5.62. The first-order valence-corrected chi connectivity index (χ1v) is 8.23. The highest BCUT2D eigenvalue weighted by Gasteiger charge is 2.09. The fourth-order valence-corrected chi connectivity index (χ4v) is 2.42. The molecule has 0 saturated carbocycles. The molecule has 0 amide bonds. The van der Waals surface area contributed by atoms with Gasteiger partial charge in [0.05, 0.1) is 16.8 Å². The molecule has 0 saturated heterocycles. The topological polar surface area (TPSA) is 102 Å². The van der Waals surface area contributed by atoms with Crippen LogP contribution in [-0.4, -0.2) is 21.2 Å². The van der Waals surface area contributed by atoms with Gasteiger partial charge in [0, 0.05) is 23.2 Å². The number of hydrogen-bond donors (Lipinski definition) is 1. The molecule has 0 bridgehead atoms. The first-order chi connectivity index (χ1) is 12.9. The van der Waals surface area contributed by atoms with Gasteiger partial charge in [-0.2, -0.15) is 0 Å². The third kappa shape index (κ3) is 4.59. The molecule has 1 aromatic heterocycles. The molecule has 0 spiro atoms. The summed E-state index contributed by atoms with van der Waals surface area (Å²) in [5.74, 6) is -0.236. The highest BCUT2D eigenvalue weighted by atomic mass is 35.5. The normalized spacial score (nSPS) is 11.5. The number of aromatic nitrogens is 1. The molecule has 0 atom stereocenters. The van der Waals surface area contributed by atoms with Crippen molar-refractivity contribution in [1.29, 1.82) is 0 Å². The van der Waals surface area contributed by atoms with Crippen molar-refractivity contribution in [2.24, 2.45) is 4.99 Å². The van der Waals surface area contributed by atoms with E-state index in [2.05, 4.69) is 9.98 Å². The van der Waals surface area contributed by atoms with E-state index in [4.69, 9.17) is 16.0 Å². The predicted molar refractivity (Wildman–Crippen MR) is 104 cm³/mol. The van der Waals surface area contributed by atoms with Gasteiger partial charge in [-0.3, -0.25) is 15.1 Å². The maximum Gasteiger partial charge on any atom is 0.312 e. The van der Waals surface area contributed by atoms with Crippen molar-refractivity contribution >= 4 is 41.3 Å². The number of hydrogen-bond acceptors (Lipinski definition) is 6. The number of nitrogens with zero attached hydrogens (tertiary/aromatic N) is 3. The number of aryl methyl sites for hydroxylation is 1. The van der Waals surface area contributed by atoms with Crippen molar-refractivity contribution in [2.45, 2.75) is 6.92 Å². The lowest BCUT2D eigenvalue weighted by Gasteiger charge is -1.99. The molecule has 0 aliphatic carbocycles. The Morgan fingerprint density at radius 2 is 2.07 bits per heavy atom. The molecule has 0 aliphatic heterocycles. The summed E-state index contributed by atoms with van der Waals surface area (Å²) in [6.45, 7) is 1.89. The SMILES string of the molecule is Cc1ccc(Cl)cc1N=Cc1nc(C=Cc2cccc([N+](=O)[O-])c2)oc1O. The molecule has 136 valence electrons. The summed E-state index contributed by atoms with van der Waals surface area (Å²) in [4.78, 5) is 18.7. The lowest BCUT2D eigenvalue weighted by molar-refractivity contribution is -0.384. The second-order valence-corrected chi connectivity index (χ2v) is 6.05. The van der Waals surface area contributed by atoms with E-state index < -0.39 is 4.92 Å². The van der Waals surface area contributed by atoms with E-state index in [0.29, 0.717) is 16.3 Å². The number of aliphatic imine (C=N–C) groups is 1. The van der Waals surface area contributed by atoms with E-state index in [1.165, 1.54) is 24.4 Å². The van der Waals surface area contributed by atoms with Crippen LogP contribution in [0.15, 0.2) is 51.9 Å².